The average molecular weight is 1000 g/mol. The van der Waals surface area contributed by atoms with Gasteiger partial charge in [0.1, 0.15) is 28.5 Å². The van der Waals surface area contributed by atoms with Crippen molar-refractivity contribution in [3.8, 4) is 17.2 Å². The molecule has 9 aromatic rings. The molecule has 1 aliphatic rings. The summed E-state index contributed by atoms with van der Waals surface area (Å²) in [5.74, 6) is 8.53. The number of hydrogen-bond donors (Lipinski definition) is 8. The lowest BCUT2D eigenvalue weighted by molar-refractivity contribution is 0.00578. The van der Waals surface area contributed by atoms with Crippen LogP contribution in [0.15, 0.2) is 109 Å². The molecule has 0 radical (unpaired) electrons. The lowest BCUT2D eigenvalue weighted by atomic mass is 9.79. The van der Waals surface area contributed by atoms with Crippen molar-refractivity contribution in [2.75, 3.05) is 22.9 Å². The number of nitrogens with zero attached hydrogens (tertiary/aromatic N) is 5. The highest BCUT2D eigenvalue weighted by atomic mass is 79.9. The molecule has 5 heterocycles. The van der Waals surface area contributed by atoms with Gasteiger partial charge in [-0.25, -0.2) is 4.39 Å². The summed E-state index contributed by atoms with van der Waals surface area (Å²) in [6.45, 7) is 8.11. The Hall–Kier alpha value is -6.58. The summed E-state index contributed by atoms with van der Waals surface area (Å²) in [5.41, 5.74) is 29.5. The molecule has 0 amide bonds. The number of nitrogen functional groups attached to an aromatic ring is 4. The van der Waals surface area contributed by atoms with E-state index >= 15 is 0 Å². The fourth-order valence-corrected chi connectivity index (χ4v) is 7.20. The standard InChI is InChI=1S/C14H11N5O.C13H17BN2O3.C7H3BrFN.C7H6BrN3.CH4.H4N2.H2O/c15-13-12-8(2-1-3-9(12)18-19-13)7-4-5-11-10(6-7)17-14(16)20-11;1-12(2)13(3,4)19-14(18-12)8-5-6-10-9(7-8)16-11(15)17-10;8-6-2-1-3-7(9)5(6)4-10;8-4-2-1-3-5-6(4)7(9)11-10-5;;1-2;/h1-6H,(H2,16,17)(H3,15,18,19);5-7H,1-4H3,(H2,15,16);1-3H;1-3H,(H3,9,10,11);1H4;1-2H2;1H2. The predicted octanol–water partition coefficient (Wildman–Crippen LogP) is 7.24. The number of oxazole rings is 2. The van der Waals surface area contributed by atoms with Gasteiger partial charge in [0, 0.05) is 8.95 Å². The Labute approximate surface area is 383 Å². The molecule has 4 aromatic heterocycles. The van der Waals surface area contributed by atoms with E-state index in [1.807, 2.05) is 100 Å². The van der Waals surface area contributed by atoms with E-state index in [9.17, 15) is 4.39 Å². The first-order valence-electron chi connectivity index (χ1n) is 18.5. The molecule has 0 bridgehead atoms. The van der Waals surface area contributed by atoms with Gasteiger partial charge >= 0.3 is 7.12 Å². The average Bonchev–Trinajstić information content (AvgIpc) is 4.05. The third-order valence-corrected chi connectivity index (χ3v) is 11.2. The van der Waals surface area contributed by atoms with Crippen molar-refractivity contribution < 1.29 is 28.0 Å². The summed E-state index contributed by atoms with van der Waals surface area (Å²) in [6.07, 6.45) is 0. The van der Waals surface area contributed by atoms with Crippen LogP contribution in [0, 0.1) is 17.1 Å². The zero-order valence-electron chi connectivity index (χ0n) is 34.2. The van der Waals surface area contributed by atoms with E-state index in [0.717, 1.165) is 48.4 Å². The van der Waals surface area contributed by atoms with Crippen LogP contribution in [0.5, 0.6) is 0 Å². The minimum absolute atomic E-state index is 0. The first kappa shape index (κ1) is 50.1. The fourth-order valence-electron chi connectivity index (χ4n) is 6.20. The van der Waals surface area contributed by atoms with Gasteiger partial charge in [0.05, 0.1) is 33.0 Å². The van der Waals surface area contributed by atoms with E-state index in [4.69, 9.17) is 46.3 Å². The van der Waals surface area contributed by atoms with Crippen LogP contribution in [0.1, 0.15) is 40.7 Å². The molecule has 5 aromatic carbocycles. The largest absolute Gasteiger partial charge is 0.494 e. The van der Waals surface area contributed by atoms with Crippen LogP contribution in [0.2, 0.25) is 0 Å². The van der Waals surface area contributed by atoms with Crippen LogP contribution >= 0.6 is 31.9 Å². The van der Waals surface area contributed by atoms with Crippen molar-refractivity contribution in [1.82, 2.24) is 30.4 Å². The highest BCUT2D eigenvalue weighted by molar-refractivity contribution is 9.11. The van der Waals surface area contributed by atoms with Gasteiger partial charge in [0.15, 0.2) is 22.8 Å². The molecule has 1 aliphatic heterocycles. The number of benzene rings is 5. The molecular weight excluding hydrogens is 956 g/mol. The second-order valence-corrected chi connectivity index (χ2v) is 16.1. The maximum atomic E-state index is 12.6. The third kappa shape index (κ3) is 10.6. The minimum Gasteiger partial charge on any atom is -0.424 e. The molecule has 0 unspecified atom stereocenters. The SMILES string of the molecule is C.CC1(C)OB(c2ccc3oc(N)nc3c2)OC1(C)C.N#Cc1c(F)cccc1Br.NN.Nc1n[nH]c2cccc(Br)c12.Nc1nc2cc(-c3cccc4[nH]nc(N)c34)ccc2o1.O. The number of rotatable bonds is 2. The molecule has 334 valence electrons. The second kappa shape index (κ2) is 20.7. The fraction of sp³-hybridized carbons (Fsp3) is 0.167. The lowest BCUT2D eigenvalue weighted by Gasteiger charge is -2.32. The molecule has 0 saturated carbocycles. The Morgan fingerprint density at radius 3 is 1.73 bits per heavy atom. The number of H-pyrrole nitrogens is 2. The highest BCUT2D eigenvalue weighted by Gasteiger charge is 2.51. The number of nitrogens with one attached hydrogen (secondary N) is 2. The Morgan fingerprint density at radius 2 is 1.19 bits per heavy atom. The van der Waals surface area contributed by atoms with E-state index in [-0.39, 0.29) is 41.7 Å². The second-order valence-electron chi connectivity index (χ2n) is 14.4. The maximum Gasteiger partial charge on any atom is 0.494 e. The van der Waals surface area contributed by atoms with Gasteiger partial charge in [-0.05, 0) is 131 Å². The molecule has 10 rings (SSSR count). The minimum atomic E-state index is -0.489. The summed E-state index contributed by atoms with van der Waals surface area (Å²) in [4.78, 5) is 8.26. The molecule has 22 heteroatoms. The van der Waals surface area contributed by atoms with Crippen LogP contribution in [0.25, 0.3) is 55.1 Å². The van der Waals surface area contributed by atoms with Gasteiger partial charge in [0.25, 0.3) is 12.0 Å². The molecule has 1 fully saturated rings. The number of nitrogens with two attached hydrogens (primary N) is 6. The van der Waals surface area contributed by atoms with Crippen molar-refractivity contribution in [2.45, 2.75) is 46.3 Å². The lowest BCUT2D eigenvalue weighted by Crippen LogP contribution is -2.41. The number of nitriles is 1. The van der Waals surface area contributed by atoms with E-state index in [1.54, 1.807) is 18.2 Å². The summed E-state index contributed by atoms with van der Waals surface area (Å²) in [5, 5.41) is 23.9. The van der Waals surface area contributed by atoms with Gasteiger partial charge < -0.3 is 46.6 Å². The number of fused-ring (bicyclic) bond motifs is 4. The monoisotopic (exact) mass is 1000 g/mol. The Kier molecular flexibility index (Phi) is 16.2. The zero-order valence-corrected chi connectivity index (χ0v) is 37.4. The number of hydrogen-bond acceptors (Lipinski definition) is 15. The van der Waals surface area contributed by atoms with Gasteiger partial charge in [-0.3, -0.25) is 21.9 Å². The van der Waals surface area contributed by atoms with E-state index in [0.29, 0.717) is 32.8 Å². The first-order valence-corrected chi connectivity index (χ1v) is 20.1. The smallest absolute Gasteiger partial charge is 0.424 e. The topological polar surface area (TPSA) is 339 Å². The summed E-state index contributed by atoms with van der Waals surface area (Å²) in [7, 11) is -0.396. The predicted molar refractivity (Wildman–Crippen MR) is 258 cm³/mol. The van der Waals surface area contributed by atoms with Crippen LogP contribution < -0.4 is 40.1 Å². The van der Waals surface area contributed by atoms with E-state index in [2.05, 4.69) is 73.9 Å². The molecule has 0 spiro atoms. The molecule has 0 aliphatic carbocycles. The quantitative estimate of drug-likeness (QED) is 0.0480. The van der Waals surface area contributed by atoms with Crippen LogP contribution in [-0.2, 0) is 9.31 Å². The maximum absolute atomic E-state index is 12.6. The highest BCUT2D eigenvalue weighted by Crippen LogP contribution is 2.37. The van der Waals surface area contributed by atoms with Gasteiger partial charge in [0.2, 0.25) is 0 Å². The molecule has 64 heavy (non-hydrogen) atoms. The molecular formula is C42H47BBr2FN13O5. The van der Waals surface area contributed by atoms with Crippen LogP contribution in [-0.4, -0.2) is 54.2 Å². The van der Waals surface area contributed by atoms with E-state index < -0.39 is 12.9 Å². The van der Waals surface area contributed by atoms with Crippen molar-refractivity contribution >= 4 is 112 Å². The first-order chi connectivity index (χ1) is 29.5. The molecule has 18 nitrogen and oxygen atoms in total. The number of halogens is 3. The number of aromatic nitrogens is 6. The number of anilines is 4. The summed E-state index contributed by atoms with van der Waals surface area (Å²) >= 11 is 6.43. The Balaban J connectivity index is 0.000000190. The van der Waals surface area contributed by atoms with Crippen molar-refractivity contribution in [2.24, 2.45) is 11.7 Å². The number of aromatic amines is 2. The Bertz CT molecular complexity index is 3020. The summed E-state index contributed by atoms with van der Waals surface area (Å²) in [6, 6.07) is 29.6. The van der Waals surface area contributed by atoms with Gasteiger partial charge in [-0.2, -0.15) is 25.4 Å². The van der Waals surface area contributed by atoms with Gasteiger partial charge in [-0.1, -0.05) is 43.8 Å². The summed E-state index contributed by atoms with van der Waals surface area (Å²) < 4.78 is 36.6. The zero-order chi connectivity index (χ0) is 44.9. The Morgan fingerprint density at radius 1 is 0.688 bits per heavy atom. The van der Waals surface area contributed by atoms with Crippen LogP contribution in [0.4, 0.5) is 28.1 Å². The number of hydrazine groups is 1. The van der Waals surface area contributed by atoms with E-state index in [1.165, 1.54) is 6.07 Å². The van der Waals surface area contributed by atoms with Crippen molar-refractivity contribution in [3.05, 3.63) is 111 Å². The van der Waals surface area contributed by atoms with Crippen molar-refractivity contribution in [3.63, 3.8) is 0 Å². The van der Waals surface area contributed by atoms with Crippen molar-refractivity contribution in [1.29, 1.82) is 5.26 Å². The molecule has 0 atom stereocenters. The molecule has 1 saturated heterocycles. The molecule has 16 N–H and O–H groups in total. The normalized spacial score (nSPS) is 13.2. The third-order valence-electron chi connectivity index (χ3n) is 9.93. The van der Waals surface area contributed by atoms with Crippen LogP contribution in [0.3, 0.4) is 0 Å². The van der Waals surface area contributed by atoms with Gasteiger partial charge in [-0.15, -0.1) is 0 Å².